The molecule has 4 nitrogen and oxygen atoms in total. The van der Waals surface area contributed by atoms with Crippen LogP contribution in [0, 0.1) is 12.3 Å². The number of hydrogen-bond acceptors (Lipinski definition) is 3. The Morgan fingerprint density at radius 2 is 1.77 bits per heavy atom. The minimum Gasteiger partial charge on any atom is -0.327 e. The van der Waals surface area contributed by atoms with E-state index in [1.165, 1.54) is 16.4 Å². The SMILES string of the molecule is Cc1c(Cl)cc(S(=O)(=O)N2CCC(N)C(C)(C)C2)cc1Cl.Cl. The van der Waals surface area contributed by atoms with Crippen molar-refractivity contribution in [2.45, 2.75) is 38.1 Å². The number of rotatable bonds is 2. The zero-order chi connectivity index (χ0) is 16.0. The van der Waals surface area contributed by atoms with Gasteiger partial charge in [-0.2, -0.15) is 4.31 Å². The smallest absolute Gasteiger partial charge is 0.243 e. The molecule has 0 aliphatic carbocycles. The molecule has 1 unspecified atom stereocenters. The minimum atomic E-state index is -3.61. The molecule has 8 heteroatoms. The van der Waals surface area contributed by atoms with Crippen LogP contribution < -0.4 is 5.73 Å². The first-order chi connectivity index (χ1) is 9.55. The third-order valence-electron chi connectivity index (χ3n) is 4.17. The highest BCUT2D eigenvalue weighted by Crippen LogP contribution is 2.34. The summed E-state index contributed by atoms with van der Waals surface area (Å²) < 4.78 is 27.0. The molecule has 2 rings (SSSR count). The van der Waals surface area contributed by atoms with Crippen LogP contribution in [0.1, 0.15) is 25.8 Å². The van der Waals surface area contributed by atoms with Crippen LogP contribution in [-0.2, 0) is 10.0 Å². The van der Waals surface area contributed by atoms with Crippen molar-refractivity contribution >= 4 is 45.6 Å². The van der Waals surface area contributed by atoms with E-state index in [-0.39, 0.29) is 28.8 Å². The van der Waals surface area contributed by atoms with Crippen molar-refractivity contribution in [1.29, 1.82) is 0 Å². The monoisotopic (exact) mass is 386 g/mol. The lowest BCUT2D eigenvalue weighted by Gasteiger charge is -2.41. The van der Waals surface area contributed by atoms with Crippen LogP contribution in [0.25, 0.3) is 0 Å². The fourth-order valence-electron chi connectivity index (χ4n) is 2.45. The molecule has 0 amide bonds. The number of piperidine rings is 1. The van der Waals surface area contributed by atoms with Crippen molar-refractivity contribution in [1.82, 2.24) is 4.31 Å². The van der Waals surface area contributed by atoms with E-state index < -0.39 is 10.0 Å². The van der Waals surface area contributed by atoms with Gasteiger partial charge in [0.1, 0.15) is 0 Å². The molecule has 1 aromatic carbocycles. The third kappa shape index (κ3) is 3.71. The summed E-state index contributed by atoms with van der Waals surface area (Å²) in [7, 11) is -3.61. The van der Waals surface area contributed by atoms with Crippen molar-refractivity contribution in [3.63, 3.8) is 0 Å². The normalized spacial score (nSPS) is 22.2. The molecule has 1 aromatic rings. The van der Waals surface area contributed by atoms with Gasteiger partial charge in [-0.25, -0.2) is 8.42 Å². The van der Waals surface area contributed by atoms with E-state index in [0.717, 1.165) is 0 Å². The summed E-state index contributed by atoms with van der Waals surface area (Å²) in [5, 5.41) is 0.711. The van der Waals surface area contributed by atoms with Crippen molar-refractivity contribution in [2.24, 2.45) is 11.1 Å². The van der Waals surface area contributed by atoms with Gasteiger partial charge in [-0.1, -0.05) is 37.0 Å². The Balaban J connectivity index is 0.00000242. The van der Waals surface area contributed by atoms with Gasteiger partial charge in [0.15, 0.2) is 0 Å². The Kier molecular flexibility index (Phi) is 6.21. The molecule has 126 valence electrons. The van der Waals surface area contributed by atoms with E-state index in [9.17, 15) is 8.42 Å². The van der Waals surface area contributed by atoms with Gasteiger partial charge < -0.3 is 5.73 Å². The highest BCUT2D eigenvalue weighted by atomic mass is 35.5. The van der Waals surface area contributed by atoms with E-state index in [0.29, 0.717) is 35.1 Å². The van der Waals surface area contributed by atoms with E-state index >= 15 is 0 Å². The number of sulfonamides is 1. The van der Waals surface area contributed by atoms with Gasteiger partial charge in [0.05, 0.1) is 4.90 Å². The summed E-state index contributed by atoms with van der Waals surface area (Å²) in [6.07, 6.45) is 0.638. The average molecular weight is 388 g/mol. The maximum Gasteiger partial charge on any atom is 0.243 e. The summed E-state index contributed by atoms with van der Waals surface area (Å²) in [4.78, 5) is 0.134. The second-order valence-electron chi connectivity index (χ2n) is 6.23. The molecular formula is C14H21Cl3N2O2S. The van der Waals surface area contributed by atoms with E-state index in [1.54, 1.807) is 6.92 Å². The molecule has 1 aliphatic rings. The van der Waals surface area contributed by atoms with Crippen LogP contribution in [0.3, 0.4) is 0 Å². The predicted molar refractivity (Wildman–Crippen MR) is 93.6 cm³/mol. The van der Waals surface area contributed by atoms with Gasteiger partial charge in [-0.3, -0.25) is 0 Å². The maximum atomic E-state index is 12.8. The Morgan fingerprint density at radius 3 is 2.23 bits per heavy atom. The Morgan fingerprint density at radius 1 is 1.27 bits per heavy atom. The van der Waals surface area contributed by atoms with Crippen molar-refractivity contribution in [2.75, 3.05) is 13.1 Å². The van der Waals surface area contributed by atoms with Crippen LogP contribution in [0.4, 0.5) is 0 Å². The highest BCUT2D eigenvalue weighted by Gasteiger charge is 2.39. The molecule has 1 aliphatic heterocycles. The molecule has 1 saturated heterocycles. The Hall–Kier alpha value is -0.0400. The number of benzene rings is 1. The van der Waals surface area contributed by atoms with Crippen molar-refractivity contribution < 1.29 is 8.42 Å². The Bertz CT molecular complexity index is 639. The zero-order valence-corrected chi connectivity index (χ0v) is 15.9. The molecule has 0 saturated carbocycles. The lowest BCUT2D eigenvalue weighted by atomic mass is 9.81. The minimum absolute atomic E-state index is 0. The average Bonchev–Trinajstić information content (AvgIpc) is 2.38. The number of halogens is 3. The first kappa shape index (κ1) is 20.0. The van der Waals surface area contributed by atoms with Gasteiger partial charge in [-0.05, 0) is 36.5 Å². The number of hydrogen-bond donors (Lipinski definition) is 1. The highest BCUT2D eigenvalue weighted by molar-refractivity contribution is 7.89. The van der Waals surface area contributed by atoms with Crippen LogP contribution in [-0.4, -0.2) is 31.9 Å². The lowest BCUT2D eigenvalue weighted by Crippen LogP contribution is -2.53. The number of nitrogens with zero attached hydrogens (tertiary/aromatic N) is 1. The Labute approximate surface area is 148 Å². The van der Waals surface area contributed by atoms with E-state index in [1.807, 2.05) is 13.8 Å². The molecule has 22 heavy (non-hydrogen) atoms. The summed E-state index contributed by atoms with van der Waals surface area (Å²) >= 11 is 12.1. The lowest BCUT2D eigenvalue weighted by molar-refractivity contribution is 0.155. The second-order valence-corrected chi connectivity index (χ2v) is 8.99. The molecule has 1 heterocycles. The summed E-state index contributed by atoms with van der Waals surface area (Å²) in [5.41, 5.74) is 6.48. The molecule has 1 atom stereocenters. The largest absolute Gasteiger partial charge is 0.327 e. The van der Waals surface area contributed by atoms with E-state index in [4.69, 9.17) is 28.9 Å². The zero-order valence-electron chi connectivity index (χ0n) is 12.8. The maximum absolute atomic E-state index is 12.8. The van der Waals surface area contributed by atoms with Crippen LogP contribution in [0.2, 0.25) is 10.0 Å². The van der Waals surface area contributed by atoms with Crippen LogP contribution >= 0.6 is 35.6 Å². The van der Waals surface area contributed by atoms with Gasteiger partial charge in [-0.15, -0.1) is 12.4 Å². The van der Waals surface area contributed by atoms with Gasteiger partial charge in [0.25, 0.3) is 0 Å². The van der Waals surface area contributed by atoms with Gasteiger partial charge >= 0.3 is 0 Å². The first-order valence-electron chi connectivity index (χ1n) is 6.77. The summed E-state index contributed by atoms with van der Waals surface area (Å²) in [6, 6.07) is 2.91. The van der Waals surface area contributed by atoms with E-state index in [2.05, 4.69) is 0 Å². The fraction of sp³-hybridized carbons (Fsp3) is 0.571. The van der Waals surface area contributed by atoms with Crippen LogP contribution in [0.5, 0.6) is 0 Å². The molecule has 0 spiro atoms. The molecular weight excluding hydrogens is 367 g/mol. The fourth-order valence-corrected chi connectivity index (χ4v) is 4.75. The van der Waals surface area contributed by atoms with Gasteiger partial charge in [0, 0.05) is 29.2 Å². The molecule has 1 fully saturated rings. The third-order valence-corrected chi connectivity index (χ3v) is 6.78. The predicted octanol–water partition coefficient (Wildman–Crippen LogP) is 3.47. The molecule has 0 bridgehead atoms. The quantitative estimate of drug-likeness (QED) is 0.845. The molecule has 0 radical (unpaired) electrons. The molecule has 0 aromatic heterocycles. The van der Waals surface area contributed by atoms with Crippen molar-refractivity contribution in [3.05, 3.63) is 27.7 Å². The van der Waals surface area contributed by atoms with Gasteiger partial charge in [0.2, 0.25) is 10.0 Å². The standard InChI is InChI=1S/C14H20Cl2N2O2S.ClH/c1-9-11(15)6-10(7-12(9)16)21(19,20)18-5-4-13(17)14(2,3)8-18;/h6-7,13H,4-5,8,17H2,1-3H3;1H. The van der Waals surface area contributed by atoms with Crippen LogP contribution in [0.15, 0.2) is 17.0 Å². The molecule has 2 N–H and O–H groups in total. The summed E-state index contributed by atoms with van der Waals surface area (Å²) in [5.74, 6) is 0. The second kappa shape index (κ2) is 6.83. The van der Waals surface area contributed by atoms with Crippen molar-refractivity contribution in [3.8, 4) is 0 Å². The number of nitrogens with two attached hydrogens (primary N) is 1. The first-order valence-corrected chi connectivity index (χ1v) is 8.96. The summed E-state index contributed by atoms with van der Waals surface area (Å²) in [6.45, 7) is 6.52. The topological polar surface area (TPSA) is 63.4 Å².